The number of benzene rings is 1. The van der Waals surface area contributed by atoms with Gasteiger partial charge in [0, 0.05) is 10.7 Å². The van der Waals surface area contributed by atoms with Gasteiger partial charge in [-0.15, -0.1) is 0 Å². The van der Waals surface area contributed by atoms with Crippen molar-refractivity contribution in [3.8, 4) is 5.69 Å². The van der Waals surface area contributed by atoms with Crippen LogP contribution in [-0.2, 0) is 0 Å². The van der Waals surface area contributed by atoms with Gasteiger partial charge in [0.15, 0.2) is 0 Å². The Hall–Kier alpha value is -2.47. The average Bonchev–Trinajstić information content (AvgIpc) is 2.85. The molecule has 1 amide bonds. The van der Waals surface area contributed by atoms with Gasteiger partial charge < -0.3 is 5.32 Å². The van der Waals surface area contributed by atoms with Gasteiger partial charge in [-0.3, -0.25) is 4.79 Å². The SMILES string of the molecule is Cc1ccc(NC(=O)c2c(C)nn(-c3ccc(Br)cc3)c2C)nc1. The van der Waals surface area contributed by atoms with Crippen molar-refractivity contribution in [2.24, 2.45) is 0 Å². The van der Waals surface area contributed by atoms with Crippen LogP contribution in [-0.4, -0.2) is 20.7 Å². The minimum absolute atomic E-state index is 0.204. The molecule has 0 bridgehead atoms. The quantitative estimate of drug-likeness (QED) is 0.735. The number of nitrogens with one attached hydrogen (secondary N) is 1. The molecule has 2 aromatic heterocycles. The summed E-state index contributed by atoms with van der Waals surface area (Å²) in [6.45, 7) is 5.68. The lowest BCUT2D eigenvalue weighted by atomic mass is 10.2. The maximum atomic E-state index is 12.6. The monoisotopic (exact) mass is 384 g/mol. The van der Waals surface area contributed by atoms with Crippen LogP contribution in [0.2, 0.25) is 0 Å². The second kappa shape index (κ2) is 6.57. The number of halogens is 1. The molecule has 0 saturated heterocycles. The first kappa shape index (κ1) is 16.4. The molecular weight excluding hydrogens is 368 g/mol. The summed E-state index contributed by atoms with van der Waals surface area (Å²) in [5.41, 5.74) is 3.99. The lowest BCUT2D eigenvalue weighted by Crippen LogP contribution is -2.15. The largest absolute Gasteiger partial charge is 0.306 e. The summed E-state index contributed by atoms with van der Waals surface area (Å²) in [5.74, 6) is 0.325. The number of aryl methyl sites for hydroxylation is 2. The molecule has 0 aliphatic heterocycles. The first-order valence-corrected chi connectivity index (χ1v) is 8.31. The van der Waals surface area contributed by atoms with Crippen molar-refractivity contribution in [3.05, 3.63) is 69.6 Å². The van der Waals surface area contributed by atoms with Crippen molar-refractivity contribution in [2.75, 3.05) is 5.32 Å². The van der Waals surface area contributed by atoms with E-state index in [1.54, 1.807) is 16.9 Å². The minimum atomic E-state index is -0.204. The summed E-state index contributed by atoms with van der Waals surface area (Å²) in [7, 11) is 0. The second-order valence-electron chi connectivity index (χ2n) is 5.61. The smallest absolute Gasteiger partial charge is 0.260 e. The van der Waals surface area contributed by atoms with Crippen molar-refractivity contribution in [1.29, 1.82) is 0 Å². The number of rotatable bonds is 3. The molecule has 1 aromatic carbocycles. The van der Waals surface area contributed by atoms with Gasteiger partial charge in [0.25, 0.3) is 5.91 Å². The van der Waals surface area contributed by atoms with Crippen LogP contribution in [0, 0.1) is 20.8 Å². The zero-order valence-corrected chi connectivity index (χ0v) is 15.3. The molecule has 0 unspecified atom stereocenters. The standard InChI is InChI=1S/C18H17BrN4O/c1-11-4-9-16(20-10-11)21-18(24)17-12(2)22-23(13(17)3)15-7-5-14(19)6-8-15/h4-10H,1-3H3,(H,20,21,24). The molecule has 2 heterocycles. The fraction of sp³-hybridized carbons (Fsp3) is 0.167. The van der Waals surface area contributed by atoms with Crippen LogP contribution >= 0.6 is 15.9 Å². The van der Waals surface area contributed by atoms with Crippen LogP contribution in [0.5, 0.6) is 0 Å². The number of hydrogen-bond donors (Lipinski definition) is 1. The van der Waals surface area contributed by atoms with E-state index in [4.69, 9.17) is 0 Å². The van der Waals surface area contributed by atoms with E-state index in [2.05, 4.69) is 31.3 Å². The van der Waals surface area contributed by atoms with Crippen LogP contribution in [0.25, 0.3) is 5.69 Å². The highest BCUT2D eigenvalue weighted by atomic mass is 79.9. The van der Waals surface area contributed by atoms with E-state index in [1.807, 2.05) is 51.1 Å². The van der Waals surface area contributed by atoms with Gasteiger partial charge in [0.1, 0.15) is 5.82 Å². The molecule has 0 atom stereocenters. The molecular formula is C18H17BrN4O. The second-order valence-corrected chi connectivity index (χ2v) is 6.52. The van der Waals surface area contributed by atoms with Crippen LogP contribution < -0.4 is 5.32 Å². The first-order valence-electron chi connectivity index (χ1n) is 7.52. The van der Waals surface area contributed by atoms with Gasteiger partial charge in [-0.05, 0) is 56.7 Å². The Balaban J connectivity index is 1.92. The summed E-state index contributed by atoms with van der Waals surface area (Å²) >= 11 is 3.42. The minimum Gasteiger partial charge on any atom is -0.306 e. The molecule has 0 fully saturated rings. The Kier molecular flexibility index (Phi) is 4.49. The third-order valence-corrected chi connectivity index (χ3v) is 4.27. The van der Waals surface area contributed by atoms with Crippen molar-refractivity contribution in [2.45, 2.75) is 20.8 Å². The van der Waals surface area contributed by atoms with Gasteiger partial charge in [-0.2, -0.15) is 5.10 Å². The molecule has 0 aliphatic carbocycles. The number of hydrogen-bond acceptors (Lipinski definition) is 3. The van der Waals surface area contributed by atoms with Crippen LogP contribution in [0.4, 0.5) is 5.82 Å². The van der Waals surface area contributed by atoms with Gasteiger partial charge >= 0.3 is 0 Å². The van der Waals surface area contributed by atoms with Crippen molar-refractivity contribution in [1.82, 2.24) is 14.8 Å². The van der Waals surface area contributed by atoms with Gasteiger partial charge in [0.2, 0.25) is 0 Å². The number of pyridine rings is 1. The summed E-state index contributed by atoms with van der Waals surface area (Å²) in [6, 6.07) is 11.5. The number of anilines is 1. The van der Waals surface area contributed by atoms with Crippen LogP contribution in [0.1, 0.15) is 27.3 Å². The first-order chi connectivity index (χ1) is 11.5. The van der Waals surface area contributed by atoms with Gasteiger partial charge in [-0.25, -0.2) is 9.67 Å². The van der Waals surface area contributed by atoms with E-state index >= 15 is 0 Å². The molecule has 6 heteroatoms. The normalized spacial score (nSPS) is 10.7. The van der Waals surface area contributed by atoms with E-state index in [0.717, 1.165) is 21.4 Å². The number of carbonyl (C=O) groups is 1. The Labute approximate surface area is 148 Å². The van der Waals surface area contributed by atoms with E-state index in [-0.39, 0.29) is 5.91 Å². The fourth-order valence-corrected chi connectivity index (χ4v) is 2.79. The number of aromatic nitrogens is 3. The Morgan fingerprint density at radius 1 is 1.08 bits per heavy atom. The van der Waals surface area contributed by atoms with Crippen LogP contribution in [0.15, 0.2) is 47.1 Å². The summed E-state index contributed by atoms with van der Waals surface area (Å²) in [5, 5.41) is 7.34. The zero-order chi connectivity index (χ0) is 17.3. The molecule has 24 heavy (non-hydrogen) atoms. The summed E-state index contributed by atoms with van der Waals surface area (Å²) < 4.78 is 2.77. The predicted molar refractivity (Wildman–Crippen MR) is 97.7 cm³/mol. The maximum absolute atomic E-state index is 12.6. The van der Waals surface area contributed by atoms with Crippen LogP contribution in [0.3, 0.4) is 0 Å². The molecule has 0 aliphatic rings. The van der Waals surface area contributed by atoms with Crippen molar-refractivity contribution < 1.29 is 4.79 Å². The molecule has 0 spiro atoms. The zero-order valence-electron chi connectivity index (χ0n) is 13.7. The average molecular weight is 385 g/mol. The topological polar surface area (TPSA) is 59.8 Å². The molecule has 5 nitrogen and oxygen atoms in total. The summed E-state index contributed by atoms with van der Waals surface area (Å²) in [4.78, 5) is 16.8. The highest BCUT2D eigenvalue weighted by molar-refractivity contribution is 9.10. The molecule has 3 aromatic rings. The summed E-state index contributed by atoms with van der Waals surface area (Å²) in [6.07, 6.45) is 1.72. The Morgan fingerprint density at radius 2 is 1.79 bits per heavy atom. The lowest BCUT2D eigenvalue weighted by molar-refractivity contribution is 0.102. The molecule has 3 rings (SSSR count). The molecule has 1 N–H and O–H groups in total. The number of carbonyl (C=O) groups excluding carboxylic acids is 1. The Bertz CT molecular complexity index is 883. The van der Waals surface area contributed by atoms with E-state index in [1.165, 1.54) is 0 Å². The Morgan fingerprint density at radius 3 is 2.42 bits per heavy atom. The van der Waals surface area contributed by atoms with E-state index < -0.39 is 0 Å². The molecule has 122 valence electrons. The highest BCUT2D eigenvalue weighted by Crippen LogP contribution is 2.20. The van der Waals surface area contributed by atoms with Gasteiger partial charge in [-0.1, -0.05) is 22.0 Å². The number of nitrogens with zero attached hydrogens (tertiary/aromatic N) is 3. The molecule has 0 saturated carbocycles. The molecule has 0 radical (unpaired) electrons. The van der Waals surface area contributed by atoms with E-state index in [9.17, 15) is 4.79 Å². The van der Waals surface area contributed by atoms with Crippen molar-refractivity contribution >= 4 is 27.7 Å². The predicted octanol–water partition coefficient (Wildman–Crippen LogP) is 4.21. The highest BCUT2D eigenvalue weighted by Gasteiger charge is 2.19. The fourth-order valence-electron chi connectivity index (χ4n) is 2.53. The third kappa shape index (κ3) is 3.23. The third-order valence-electron chi connectivity index (χ3n) is 3.74. The number of amides is 1. The lowest BCUT2D eigenvalue weighted by Gasteiger charge is -2.07. The van der Waals surface area contributed by atoms with Gasteiger partial charge in [0.05, 0.1) is 22.6 Å². The van der Waals surface area contributed by atoms with Crippen molar-refractivity contribution in [3.63, 3.8) is 0 Å². The maximum Gasteiger partial charge on any atom is 0.260 e. The van der Waals surface area contributed by atoms with E-state index in [0.29, 0.717) is 17.1 Å².